The van der Waals surface area contributed by atoms with Crippen molar-refractivity contribution in [2.45, 2.75) is 57.0 Å². The standard InChI is InChI=1S/3C6H13O4.Al/c3*1-5(7)6(8-2,9-3)10-4;/h3*5H,1-4H3;/q3*-1;+3. The maximum absolute atomic E-state index is 10.9. The first-order valence-corrected chi connectivity index (χ1v) is 8.82. The van der Waals surface area contributed by atoms with Gasteiger partial charge in [-0.2, -0.15) is 0 Å². The van der Waals surface area contributed by atoms with Crippen LogP contribution < -0.4 is 15.3 Å². The molecule has 0 aromatic rings. The minimum absolute atomic E-state index is 0. The van der Waals surface area contributed by atoms with Crippen LogP contribution in [0.2, 0.25) is 0 Å². The van der Waals surface area contributed by atoms with Gasteiger partial charge in [0.1, 0.15) is 0 Å². The summed E-state index contributed by atoms with van der Waals surface area (Å²) in [7, 11) is 12.3. The van der Waals surface area contributed by atoms with Gasteiger partial charge in [-0.1, -0.05) is 20.8 Å². The summed E-state index contributed by atoms with van der Waals surface area (Å²) in [6, 6.07) is 0. The molecule has 3 unspecified atom stereocenters. The van der Waals surface area contributed by atoms with Crippen molar-refractivity contribution in [3.05, 3.63) is 0 Å². The minimum atomic E-state index is -1.43. The number of hydrogen-bond acceptors (Lipinski definition) is 12. The number of methoxy groups -OCH3 is 9. The van der Waals surface area contributed by atoms with Gasteiger partial charge in [-0.3, -0.25) is 0 Å². The van der Waals surface area contributed by atoms with E-state index in [1.54, 1.807) is 0 Å². The second-order valence-corrected chi connectivity index (χ2v) is 5.57. The van der Waals surface area contributed by atoms with Crippen molar-refractivity contribution in [3.8, 4) is 0 Å². The van der Waals surface area contributed by atoms with Crippen LogP contribution in [0, 0.1) is 0 Å². The molecule has 0 aliphatic rings. The van der Waals surface area contributed by atoms with E-state index in [0.717, 1.165) is 0 Å². The van der Waals surface area contributed by atoms with E-state index < -0.39 is 36.2 Å². The first-order valence-electron chi connectivity index (χ1n) is 8.82. The Morgan fingerprint density at radius 2 is 0.484 bits per heavy atom. The second kappa shape index (κ2) is 19.5. The van der Waals surface area contributed by atoms with Gasteiger partial charge >= 0.3 is 17.4 Å². The molecule has 0 radical (unpaired) electrons. The molecule has 0 aromatic carbocycles. The Labute approximate surface area is 196 Å². The zero-order chi connectivity index (χ0) is 24.6. The normalized spacial score (nSPS) is 14.8. The smallest absolute Gasteiger partial charge is 0.846 e. The summed E-state index contributed by atoms with van der Waals surface area (Å²) < 4.78 is 42.7. The first-order chi connectivity index (χ1) is 13.9. The predicted octanol–water partition coefficient (Wildman–Crippen LogP) is -2.40. The first kappa shape index (κ1) is 38.3. The zero-order valence-corrected chi connectivity index (χ0v) is 21.9. The van der Waals surface area contributed by atoms with Crippen molar-refractivity contribution in [1.82, 2.24) is 0 Å². The molecule has 13 heteroatoms. The van der Waals surface area contributed by atoms with E-state index in [1.165, 1.54) is 84.8 Å². The summed E-state index contributed by atoms with van der Waals surface area (Å²) in [5.41, 5.74) is 0. The molecule has 0 fully saturated rings. The molecule has 186 valence electrons. The Morgan fingerprint density at radius 1 is 0.387 bits per heavy atom. The van der Waals surface area contributed by atoms with Gasteiger partial charge in [0.05, 0.1) is 0 Å². The van der Waals surface area contributed by atoms with Crippen LogP contribution in [-0.4, -0.2) is 118 Å². The minimum Gasteiger partial charge on any atom is -0.846 e. The summed E-state index contributed by atoms with van der Waals surface area (Å²) >= 11 is 0. The Hall–Kier alpha value is 0.0525. The van der Waals surface area contributed by atoms with Gasteiger partial charge < -0.3 is 58.0 Å². The fourth-order valence-corrected chi connectivity index (χ4v) is 2.24. The molecule has 0 heterocycles. The van der Waals surface area contributed by atoms with Crippen LogP contribution in [0.25, 0.3) is 0 Å². The van der Waals surface area contributed by atoms with Crippen molar-refractivity contribution in [3.63, 3.8) is 0 Å². The van der Waals surface area contributed by atoms with Gasteiger partial charge in [0.25, 0.3) is 17.9 Å². The topological polar surface area (TPSA) is 152 Å². The summed E-state index contributed by atoms with van der Waals surface area (Å²) in [5.74, 6) is -4.29. The van der Waals surface area contributed by atoms with E-state index in [9.17, 15) is 15.3 Å². The van der Waals surface area contributed by atoms with Crippen LogP contribution in [0.4, 0.5) is 0 Å². The molecule has 0 aliphatic heterocycles. The fraction of sp³-hybridized carbons (Fsp3) is 1.00. The Bertz CT molecular complexity index is 302. The molecule has 0 saturated carbocycles. The number of hydrogen-bond donors (Lipinski definition) is 0. The molecule has 31 heavy (non-hydrogen) atoms. The molecule has 0 spiro atoms. The van der Waals surface area contributed by atoms with Crippen LogP contribution in [0.5, 0.6) is 0 Å². The molecular weight excluding hydrogens is 435 g/mol. The molecule has 0 saturated heterocycles. The molecule has 0 aromatic heterocycles. The monoisotopic (exact) mass is 474 g/mol. The third-order valence-electron chi connectivity index (χ3n) is 4.05. The van der Waals surface area contributed by atoms with Gasteiger partial charge in [-0.15, -0.1) is 0 Å². The predicted molar refractivity (Wildman–Crippen MR) is 105 cm³/mol. The van der Waals surface area contributed by atoms with Gasteiger partial charge in [0.15, 0.2) is 0 Å². The largest absolute Gasteiger partial charge is 3.00 e. The fourth-order valence-electron chi connectivity index (χ4n) is 2.24. The second-order valence-electron chi connectivity index (χ2n) is 5.57. The van der Waals surface area contributed by atoms with Gasteiger partial charge in [-0.25, -0.2) is 0 Å². The average molecular weight is 474 g/mol. The zero-order valence-electron chi connectivity index (χ0n) is 20.7. The number of rotatable bonds is 12. The van der Waals surface area contributed by atoms with Crippen molar-refractivity contribution >= 4 is 17.4 Å². The molecule has 0 rings (SSSR count). The van der Waals surface area contributed by atoms with E-state index in [1.807, 2.05) is 0 Å². The SMILES string of the molecule is COC(OC)(OC)C(C)[O-].COC(OC)(OC)C(C)[O-].COC(OC)(OC)C(C)[O-].[Al+3]. The molecule has 0 aliphatic carbocycles. The Morgan fingerprint density at radius 3 is 0.484 bits per heavy atom. The maximum atomic E-state index is 10.9. The Balaban J connectivity index is -0.000000174. The molecule has 0 bridgehead atoms. The maximum Gasteiger partial charge on any atom is 3.00 e. The summed E-state index contributed by atoms with van der Waals surface area (Å²) in [6.07, 6.45) is -3.23. The average Bonchev–Trinajstić information content (AvgIpc) is 2.73. The van der Waals surface area contributed by atoms with Crippen molar-refractivity contribution in [2.24, 2.45) is 0 Å². The van der Waals surface area contributed by atoms with Crippen LogP contribution in [0.1, 0.15) is 20.8 Å². The van der Waals surface area contributed by atoms with E-state index >= 15 is 0 Å². The van der Waals surface area contributed by atoms with Crippen LogP contribution in [0.15, 0.2) is 0 Å². The van der Waals surface area contributed by atoms with Gasteiger partial charge in [-0.05, 0) is 18.3 Å². The van der Waals surface area contributed by atoms with Crippen molar-refractivity contribution in [1.29, 1.82) is 0 Å². The van der Waals surface area contributed by atoms with Crippen LogP contribution in [0.3, 0.4) is 0 Å². The van der Waals surface area contributed by atoms with Gasteiger partial charge in [0, 0.05) is 64.0 Å². The third-order valence-corrected chi connectivity index (χ3v) is 4.05. The summed E-state index contributed by atoms with van der Waals surface area (Å²) in [5, 5.41) is 32.6. The van der Waals surface area contributed by atoms with E-state index in [0.29, 0.717) is 0 Å². The van der Waals surface area contributed by atoms with E-state index in [2.05, 4.69) is 0 Å². The van der Waals surface area contributed by atoms with Crippen molar-refractivity contribution < 1.29 is 58.0 Å². The number of ether oxygens (including phenoxy) is 9. The van der Waals surface area contributed by atoms with E-state index in [4.69, 9.17) is 42.6 Å². The molecular formula is C18H39AlO12. The van der Waals surface area contributed by atoms with Gasteiger partial charge in [0.2, 0.25) is 0 Å². The Kier molecular flexibility index (Phi) is 24.1. The summed E-state index contributed by atoms with van der Waals surface area (Å²) in [6.45, 7) is 4.24. The molecule has 0 N–H and O–H groups in total. The summed E-state index contributed by atoms with van der Waals surface area (Å²) in [4.78, 5) is 0. The van der Waals surface area contributed by atoms with Crippen LogP contribution in [-0.2, 0) is 42.6 Å². The van der Waals surface area contributed by atoms with E-state index in [-0.39, 0.29) is 17.4 Å². The third kappa shape index (κ3) is 11.7. The van der Waals surface area contributed by atoms with Crippen molar-refractivity contribution in [2.75, 3.05) is 64.0 Å². The molecule has 3 atom stereocenters. The van der Waals surface area contributed by atoms with Crippen LogP contribution >= 0.6 is 0 Å². The molecule has 0 amide bonds. The molecule has 12 nitrogen and oxygen atoms in total. The quantitative estimate of drug-likeness (QED) is 0.219.